The molecule has 3 aliphatic heterocycles. The van der Waals surface area contributed by atoms with E-state index in [9.17, 15) is 14.0 Å². The Morgan fingerprint density at radius 2 is 1.78 bits per heavy atom. The van der Waals surface area contributed by atoms with Crippen molar-refractivity contribution in [2.45, 2.75) is 38.6 Å². The minimum Gasteiger partial charge on any atom is -0.358 e. The topological polar surface area (TPSA) is 68.4 Å². The largest absolute Gasteiger partial charge is 0.358 e. The molecule has 0 spiro atoms. The number of aromatic amines is 1. The number of amides is 2. The Labute approximate surface area is 216 Å². The van der Waals surface area contributed by atoms with Crippen molar-refractivity contribution in [2.24, 2.45) is 0 Å². The molecule has 3 aliphatic rings. The van der Waals surface area contributed by atoms with Crippen molar-refractivity contribution in [3.8, 4) is 11.1 Å². The minimum absolute atomic E-state index is 0.00637. The summed E-state index contributed by atoms with van der Waals surface area (Å²) in [5.41, 5.74) is 5.37. The number of carbonyl (C=O) groups is 2. The normalized spacial score (nSPS) is 19.5. The Bertz CT molecular complexity index is 1390. The highest BCUT2D eigenvalue weighted by Gasteiger charge is 2.31. The molecule has 2 saturated heterocycles. The molecule has 190 valence electrons. The van der Waals surface area contributed by atoms with Gasteiger partial charge in [0, 0.05) is 36.1 Å². The SMILES string of the molecule is Cc1cc(C(=O)N2CCC(N3CCCC3)CC2)c(C=C2C(=O)Nc3cccc(-c4cccc(F)c4)c32)[nH]1. The van der Waals surface area contributed by atoms with Gasteiger partial charge in [-0.05, 0) is 87.2 Å². The molecule has 4 heterocycles. The molecule has 0 aliphatic carbocycles. The molecule has 2 N–H and O–H groups in total. The summed E-state index contributed by atoms with van der Waals surface area (Å²) in [6, 6.07) is 14.4. The molecule has 6 rings (SSSR count). The number of carbonyl (C=O) groups excluding carboxylic acids is 2. The average Bonchev–Trinajstić information content (AvgIpc) is 3.63. The van der Waals surface area contributed by atoms with Crippen LogP contribution in [0.5, 0.6) is 0 Å². The lowest BCUT2D eigenvalue weighted by molar-refractivity contribution is -0.110. The first-order valence-electron chi connectivity index (χ1n) is 13.1. The Morgan fingerprint density at radius 3 is 2.54 bits per heavy atom. The summed E-state index contributed by atoms with van der Waals surface area (Å²) in [6.07, 6.45) is 6.31. The summed E-state index contributed by atoms with van der Waals surface area (Å²) in [7, 11) is 0. The van der Waals surface area contributed by atoms with Crippen LogP contribution in [-0.4, -0.2) is 58.8 Å². The summed E-state index contributed by atoms with van der Waals surface area (Å²) in [4.78, 5) is 34.5. The predicted octanol–water partition coefficient (Wildman–Crippen LogP) is 5.32. The van der Waals surface area contributed by atoms with Crippen molar-refractivity contribution in [3.05, 3.63) is 76.9 Å². The second-order valence-corrected chi connectivity index (χ2v) is 10.3. The second kappa shape index (κ2) is 9.63. The molecule has 2 aromatic carbocycles. The van der Waals surface area contributed by atoms with Gasteiger partial charge in [0.25, 0.3) is 11.8 Å². The van der Waals surface area contributed by atoms with Gasteiger partial charge in [-0.1, -0.05) is 24.3 Å². The molecule has 2 fully saturated rings. The molecular formula is C30H31FN4O2. The van der Waals surface area contributed by atoms with Crippen LogP contribution in [0.2, 0.25) is 0 Å². The zero-order chi connectivity index (χ0) is 25.5. The molecule has 37 heavy (non-hydrogen) atoms. The van der Waals surface area contributed by atoms with E-state index in [2.05, 4.69) is 15.2 Å². The summed E-state index contributed by atoms with van der Waals surface area (Å²) < 4.78 is 14.0. The van der Waals surface area contributed by atoms with E-state index >= 15 is 0 Å². The van der Waals surface area contributed by atoms with Gasteiger partial charge in [0.2, 0.25) is 0 Å². The van der Waals surface area contributed by atoms with Crippen LogP contribution in [0, 0.1) is 12.7 Å². The number of piperidine rings is 1. The Balaban J connectivity index is 1.31. The molecule has 0 saturated carbocycles. The maximum Gasteiger partial charge on any atom is 0.256 e. The van der Waals surface area contributed by atoms with Gasteiger partial charge in [-0.2, -0.15) is 0 Å². The molecule has 1 aromatic heterocycles. The maximum absolute atomic E-state index is 14.0. The number of benzene rings is 2. The Kier molecular flexibility index (Phi) is 6.16. The van der Waals surface area contributed by atoms with Gasteiger partial charge in [-0.3, -0.25) is 9.59 Å². The summed E-state index contributed by atoms with van der Waals surface area (Å²) in [5, 5.41) is 2.93. The van der Waals surface area contributed by atoms with Crippen molar-refractivity contribution in [1.29, 1.82) is 0 Å². The van der Waals surface area contributed by atoms with Gasteiger partial charge in [0.05, 0.1) is 16.8 Å². The molecule has 0 bridgehead atoms. The molecule has 3 aromatic rings. The third-order valence-electron chi connectivity index (χ3n) is 7.87. The fourth-order valence-electron chi connectivity index (χ4n) is 6.04. The van der Waals surface area contributed by atoms with Gasteiger partial charge in [-0.25, -0.2) is 4.39 Å². The predicted molar refractivity (Wildman–Crippen MR) is 144 cm³/mol. The number of nitrogens with one attached hydrogen (secondary N) is 2. The lowest BCUT2D eigenvalue weighted by atomic mass is 9.94. The van der Waals surface area contributed by atoms with Crippen LogP contribution in [0.4, 0.5) is 10.1 Å². The number of anilines is 1. The number of fused-ring (bicyclic) bond motifs is 1. The van der Waals surface area contributed by atoms with Crippen molar-refractivity contribution in [2.75, 3.05) is 31.5 Å². The lowest BCUT2D eigenvalue weighted by Gasteiger charge is -2.36. The fraction of sp³-hybridized carbons (Fsp3) is 0.333. The van der Waals surface area contributed by atoms with Crippen LogP contribution >= 0.6 is 0 Å². The number of aryl methyl sites for hydroxylation is 1. The lowest BCUT2D eigenvalue weighted by Crippen LogP contribution is -2.46. The van der Waals surface area contributed by atoms with E-state index in [-0.39, 0.29) is 17.6 Å². The van der Waals surface area contributed by atoms with Gasteiger partial charge in [0.15, 0.2) is 0 Å². The van der Waals surface area contributed by atoms with E-state index in [1.54, 1.807) is 12.1 Å². The third kappa shape index (κ3) is 4.48. The smallest absolute Gasteiger partial charge is 0.256 e. The first-order chi connectivity index (χ1) is 18.0. The van der Waals surface area contributed by atoms with Crippen molar-refractivity contribution < 1.29 is 14.0 Å². The van der Waals surface area contributed by atoms with Crippen molar-refractivity contribution in [3.63, 3.8) is 0 Å². The van der Waals surface area contributed by atoms with E-state index in [0.717, 1.165) is 42.8 Å². The Hall–Kier alpha value is -3.71. The van der Waals surface area contributed by atoms with Crippen molar-refractivity contribution in [1.82, 2.24) is 14.8 Å². The standard InChI is InChI=1S/C30H31FN4O2/c1-19-16-24(30(37)35-14-10-22(11-15-35)34-12-2-3-13-34)27(32-19)18-25-28-23(20-6-4-7-21(31)17-20)8-5-9-26(28)33-29(25)36/h4-9,16-18,22,32H,2-3,10-15H2,1H3,(H,33,36). The summed E-state index contributed by atoms with van der Waals surface area (Å²) >= 11 is 0. The monoisotopic (exact) mass is 498 g/mol. The summed E-state index contributed by atoms with van der Waals surface area (Å²) in [5.74, 6) is -0.580. The molecule has 0 unspecified atom stereocenters. The highest BCUT2D eigenvalue weighted by atomic mass is 19.1. The third-order valence-corrected chi connectivity index (χ3v) is 7.87. The first-order valence-corrected chi connectivity index (χ1v) is 13.1. The summed E-state index contributed by atoms with van der Waals surface area (Å²) in [6.45, 7) is 5.75. The van der Waals surface area contributed by atoms with Crippen LogP contribution in [0.25, 0.3) is 22.8 Å². The van der Waals surface area contributed by atoms with Gasteiger partial charge < -0.3 is 20.1 Å². The highest BCUT2D eigenvalue weighted by Crippen LogP contribution is 2.40. The maximum atomic E-state index is 14.0. The van der Waals surface area contributed by atoms with E-state index in [4.69, 9.17) is 0 Å². The highest BCUT2D eigenvalue weighted by molar-refractivity contribution is 6.36. The van der Waals surface area contributed by atoms with Gasteiger partial charge in [0.1, 0.15) is 5.82 Å². The van der Waals surface area contributed by atoms with Crippen LogP contribution in [0.1, 0.15) is 53.0 Å². The first kappa shape index (κ1) is 23.7. The molecule has 2 amide bonds. The van der Waals surface area contributed by atoms with Crippen LogP contribution in [0.3, 0.4) is 0 Å². The van der Waals surface area contributed by atoms with Gasteiger partial charge in [-0.15, -0.1) is 0 Å². The number of rotatable bonds is 4. The van der Waals surface area contributed by atoms with E-state index < -0.39 is 0 Å². The molecule has 0 radical (unpaired) electrons. The second-order valence-electron chi connectivity index (χ2n) is 10.3. The van der Waals surface area contributed by atoms with E-state index in [1.807, 2.05) is 42.2 Å². The number of aromatic nitrogens is 1. The number of halogens is 1. The molecule has 6 nitrogen and oxygen atoms in total. The minimum atomic E-state index is -0.334. The molecular weight excluding hydrogens is 467 g/mol. The van der Waals surface area contributed by atoms with Crippen LogP contribution in [0.15, 0.2) is 48.5 Å². The molecule has 7 heteroatoms. The number of likely N-dealkylation sites (tertiary alicyclic amines) is 2. The van der Waals surface area contributed by atoms with Crippen LogP contribution in [-0.2, 0) is 4.79 Å². The zero-order valence-corrected chi connectivity index (χ0v) is 21.0. The quantitative estimate of drug-likeness (QED) is 0.479. The number of hydrogen-bond donors (Lipinski definition) is 2. The number of nitrogens with zero attached hydrogens (tertiary/aromatic N) is 2. The Morgan fingerprint density at radius 1 is 1.03 bits per heavy atom. The number of hydrogen-bond acceptors (Lipinski definition) is 3. The van der Waals surface area contributed by atoms with E-state index in [1.165, 1.54) is 38.1 Å². The fourth-order valence-corrected chi connectivity index (χ4v) is 6.04. The number of H-pyrrole nitrogens is 1. The van der Waals surface area contributed by atoms with E-state index in [0.29, 0.717) is 34.1 Å². The zero-order valence-electron chi connectivity index (χ0n) is 21.0. The van der Waals surface area contributed by atoms with Crippen LogP contribution < -0.4 is 5.32 Å². The average molecular weight is 499 g/mol. The molecule has 0 atom stereocenters. The van der Waals surface area contributed by atoms with Gasteiger partial charge >= 0.3 is 0 Å². The van der Waals surface area contributed by atoms with Crippen molar-refractivity contribution >= 4 is 29.2 Å².